The molecule has 90 valence electrons. The number of rotatable bonds is 2. The van der Waals surface area contributed by atoms with Crippen molar-refractivity contribution >= 4 is 0 Å². The number of nitrogens with one attached hydrogen (secondary N) is 1. The molecule has 0 aromatic rings. The lowest BCUT2D eigenvalue weighted by molar-refractivity contribution is -0.0928. The molecular formula is C11H22F2N2. The lowest BCUT2D eigenvalue weighted by atomic mass is 9.95. The average molecular weight is 220 g/mol. The second-order valence-corrected chi connectivity index (χ2v) is 4.96. The van der Waals surface area contributed by atoms with Crippen molar-refractivity contribution < 1.29 is 8.78 Å². The van der Waals surface area contributed by atoms with Gasteiger partial charge in [0.05, 0.1) is 12.6 Å². The maximum Gasteiger partial charge on any atom is 0.275 e. The third-order valence-electron chi connectivity index (χ3n) is 2.99. The Morgan fingerprint density at radius 1 is 1.27 bits per heavy atom. The molecule has 1 saturated heterocycles. The lowest BCUT2D eigenvalue weighted by Gasteiger charge is -2.39. The molecule has 0 aliphatic carbocycles. The highest BCUT2D eigenvalue weighted by Crippen LogP contribution is 2.30. The van der Waals surface area contributed by atoms with Crippen molar-refractivity contribution in [2.24, 2.45) is 5.92 Å². The molecule has 2 nitrogen and oxygen atoms in total. The first-order chi connectivity index (χ1) is 6.86. The minimum atomic E-state index is -2.63. The molecule has 0 radical (unpaired) electrons. The molecule has 1 rings (SSSR count). The Bertz CT molecular complexity index is 205. The molecular weight excluding hydrogens is 198 g/mol. The predicted octanol–water partition coefficient (Wildman–Crippen LogP) is 1.96. The summed E-state index contributed by atoms with van der Waals surface area (Å²) in [6.45, 7) is 8.87. The molecule has 0 saturated carbocycles. The summed E-state index contributed by atoms with van der Waals surface area (Å²) in [4.78, 5) is 1.92. The first-order valence-electron chi connectivity index (χ1n) is 5.70. The summed E-state index contributed by atoms with van der Waals surface area (Å²) in [7, 11) is 0. The van der Waals surface area contributed by atoms with E-state index in [9.17, 15) is 8.78 Å². The van der Waals surface area contributed by atoms with Gasteiger partial charge in [0.15, 0.2) is 0 Å². The van der Waals surface area contributed by atoms with Crippen LogP contribution in [0.3, 0.4) is 0 Å². The Hall–Kier alpha value is -0.220. The van der Waals surface area contributed by atoms with E-state index in [2.05, 4.69) is 5.32 Å². The van der Waals surface area contributed by atoms with E-state index in [0.29, 0.717) is 13.1 Å². The van der Waals surface area contributed by atoms with E-state index in [-0.39, 0.29) is 18.5 Å². The van der Waals surface area contributed by atoms with Crippen LogP contribution in [0.4, 0.5) is 8.78 Å². The molecule has 1 atom stereocenters. The molecule has 1 fully saturated rings. The van der Waals surface area contributed by atoms with E-state index < -0.39 is 12.0 Å². The standard InChI is InChI=1S/C11H22F2N2/c1-8(2)10-11(12,13)7-14-5-6-15(10)9(3)4/h8-10,14H,5-7H2,1-4H3. The fourth-order valence-electron chi connectivity index (χ4n) is 2.40. The third kappa shape index (κ3) is 2.88. The van der Waals surface area contributed by atoms with E-state index in [4.69, 9.17) is 0 Å². The SMILES string of the molecule is CC(C)C1N(C(C)C)CCNCC1(F)F. The van der Waals surface area contributed by atoms with Crippen molar-refractivity contribution in [2.45, 2.75) is 45.7 Å². The van der Waals surface area contributed by atoms with Gasteiger partial charge in [-0.1, -0.05) is 13.8 Å². The monoisotopic (exact) mass is 220 g/mol. The minimum Gasteiger partial charge on any atom is -0.310 e. The van der Waals surface area contributed by atoms with E-state index in [1.54, 1.807) is 0 Å². The molecule has 1 aliphatic heterocycles. The second-order valence-electron chi connectivity index (χ2n) is 4.96. The van der Waals surface area contributed by atoms with Gasteiger partial charge in [0, 0.05) is 19.1 Å². The second kappa shape index (κ2) is 4.74. The maximum absolute atomic E-state index is 13.9. The topological polar surface area (TPSA) is 15.3 Å². The van der Waals surface area contributed by atoms with Gasteiger partial charge in [-0.25, -0.2) is 8.78 Å². The fraction of sp³-hybridized carbons (Fsp3) is 1.00. The fourth-order valence-corrected chi connectivity index (χ4v) is 2.40. The van der Waals surface area contributed by atoms with E-state index in [1.807, 2.05) is 32.6 Å². The van der Waals surface area contributed by atoms with Crippen molar-refractivity contribution in [3.63, 3.8) is 0 Å². The Labute approximate surface area is 91.0 Å². The molecule has 0 bridgehead atoms. The summed E-state index contributed by atoms with van der Waals surface area (Å²) in [5.74, 6) is -2.66. The van der Waals surface area contributed by atoms with Crippen LogP contribution >= 0.6 is 0 Å². The highest BCUT2D eigenvalue weighted by molar-refractivity contribution is 4.93. The van der Waals surface area contributed by atoms with Crippen molar-refractivity contribution in [1.29, 1.82) is 0 Å². The Kier molecular flexibility index (Phi) is 4.06. The molecule has 1 heterocycles. The van der Waals surface area contributed by atoms with Crippen molar-refractivity contribution in [3.8, 4) is 0 Å². The third-order valence-corrected chi connectivity index (χ3v) is 2.99. The van der Waals surface area contributed by atoms with Gasteiger partial charge in [0.2, 0.25) is 0 Å². The molecule has 4 heteroatoms. The zero-order chi connectivity index (χ0) is 11.6. The van der Waals surface area contributed by atoms with Crippen LogP contribution in [-0.4, -0.2) is 42.5 Å². The highest BCUT2D eigenvalue weighted by Gasteiger charge is 2.46. The predicted molar refractivity (Wildman–Crippen MR) is 58.3 cm³/mol. The van der Waals surface area contributed by atoms with Crippen LogP contribution in [0.1, 0.15) is 27.7 Å². The first kappa shape index (κ1) is 12.8. The summed E-state index contributed by atoms with van der Waals surface area (Å²) in [6, 6.07) is -0.476. The Morgan fingerprint density at radius 3 is 2.33 bits per heavy atom. The quantitative estimate of drug-likeness (QED) is 0.765. The van der Waals surface area contributed by atoms with Crippen molar-refractivity contribution in [1.82, 2.24) is 10.2 Å². The summed E-state index contributed by atoms with van der Waals surface area (Å²) >= 11 is 0. The van der Waals surface area contributed by atoms with Gasteiger partial charge in [0.25, 0.3) is 5.92 Å². The number of halogens is 2. The van der Waals surface area contributed by atoms with Gasteiger partial charge in [-0.3, -0.25) is 4.90 Å². The average Bonchev–Trinajstić information content (AvgIpc) is 2.22. The lowest BCUT2D eigenvalue weighted by Crippen LogP contribution is -2.54. The van der Waals surface area contributed by atoms with E-state index in [1.165, 1.54) is 0 Å². The van der Waals surface area contributed by atoms with Crippen LogP contribution in [0.25, 0.3) is 0 Å². The Morgan fingerprint density at radius 2 is 1.87 bits per heavy atom. The summed E-state index contributed by atoms with van der Waals surface area (Å²) in [5.41, 5.74) is 0. The van der Waals surface area contributed by atoms with Crippen LogP contribution < -0.4 is 5.32 Å². The first-order valence-corrected chi connectivity index (χ1v) is 5.70. The molecule has 0 spiro atoms. The molecule has 1 aliphatic rings. The number of hydrogen-bond donors (Lipinski definition) is 1. The minimum absolute atomic E-state index is 0.0256. The van der Waals surface area contributed by atoms with Gasteiger partial charge in [0.1, 0.15) is 0 Å². The molecule has 1 unspecified atom stereocenters. The van der Waals surface area contributed by atoms with Crippen LogP contribution in [0.5, 0.6) is 0 Å². The zero-order valence-electron chi connectivity index (χ0n) is 10.1. The number of hydrogen-bond acceptors (Lipinski definition) is 2. The van der Waals surface area contributed by atoms with Crippen LogP contribution in [0.15, 0.2) is 0 Å². The summed E-state index contributed by atoms with van der Waals surface area (Å²) in [5, 5.41) is 2.82. The molecule has 0 aromatic carbocycles. The van der Waals surface area contributed by atoms with E-state index in [0.717, 1.165) is 0 Å². The molecule has 1 N–H and O–H groups in total. The normalized spacial score (nSPS) is 28.4. The Balaban J connectivity index is 2.92. The van der Waals surface area contributed by atoms with Crippen LogP contribution in [0, 0.1) is 5.92 Å². The zero-order valence-corrected chi connectivity index (χ0v) is 10.1. The van der Waals surface area contributed by atoms with Crippen molar-refractivity contribution in [2.75, 3.05) is 19.6 Å². The van der Waals surface area contributed by atoms with Gasteiger partial charge < -0.3 is 5.32 Å². The summed E-state index contributed by atoms with van der Waals surface area (Å²) < 4.78 is 27.8. The number of alkyl halides is 2. The van der Waals surface area contributed by atoms with E-state index >= 15 is 0 Å². The molecule has 0 amide bonds. The summed E-state index contributed by atoms with van der Waals surface area (Å²) in [6.07, 6.45) is 0. The number of nitrogens with zero attached hydrogens (tertiary/aromatic N) is 1. The van der Waals surface area contributed by atoms with Gasteiger partial charge in [-0.15, -0.1) is 0 Å². The highest BCUT2D eigenvalue weighted by atomic mass is 19.3. The van der Waals surface area contributed by atoms with Crippen molar-refractivity contribution in [3.05, 3.63) is 0 Å². The van der Waals surface area contributed by atoms with Crippen LogP contribution in [-0.2, 0) is 0 Å². The smallest absolute Gasteiger partial charge is 0.275 e. The largest absolute Gasteiger partial charge is 0.310 e. The van der Waals surface area contributed by atoms with Crippen LogP contribution in [0.2, 0.25) is 0 Å². The van der Waals surface area contributed by atoms with Gasteiger partial charge in [-0.2, -0.15) is 0 Å². The molecule has 15 heavy (non-hydrogen) atoms. The maximum atomic E-state index is 13.9. The van der Waals surface area contributed by atoms with Gasteiger partial charge in [-0.05, 0) is 19.8 Å². The molecule has 0 aromatic heterocycles. The van der Waals surface area contributed by atoms with Gasteiger partial charge >= 0.3 is 0 Å².